The van der Waals surface area contributed by atoms with Crippen LogP contribution in [-0.2, 0) is 16.1 Å². The fourth-order valence-electron chi connectivity index (χ4n) is 4.26. The van der Waals surface area contributed by atoms with Crippen LogP contribution >= 0.6 is 23.1 Å². The van der Waals surface area contributed by atoms with Gasteiger partial charge in [0.15, 0.2) is 10.3 Å². The minimum Gasteiger partial charge on any atom is -0.467 e. The number of anilines is 1. The number of nitrogens with zero attached hydrogens (tertiary/aromatic N) is 4. The third kappa shape index (κ3) is 5.63. The van der Waals surface area contributed by atoms with Crippen LogP contribution in [0, 0.1) is 5.92 Å². The number of primary amides is 1. The topological polar surface area (TPSA) is 153 Å². The van der Waals surface area contributed by atoms with E-state index in [1.54, 1.807) is 46.8 Å². The Morgan fingerprint density at radius 1 is 1.21 bits per heavy atom. The molecule has 1 fully saturated rings. The second kappa shape index (κ2) is 11.2. The molecule has 38 heavy (non-hydrogen) atoms. The van der Waals surface area contributed by atoms with Crippen molar-refractivity contribution < 1.29 is 18.8 Å². The van der Waals surface area contributed by atoms with Crippen LogP contribution in [0.25, 0.3) is 10.9 Å². The normalized spacial score (nSPS) is 14.1. The lowest BCUT2D eigenvalue weighted by atomic mass is 9.96. The maximum Gasteiger partial charge on any atom is 0.262 e. The number of piperidine rings is 1. The molecule has 0 atom stereocenters. The summed E-state index contributed by atoms with van der Waals surface area (Å²) >= 11 is 2.42. The van der Waals surface area contributed by atoms with Crippen molar-refractivity contribution in [2.24, 2.45) is 11.7 Å². The van der Waals surface area contributed by atoms with Crippen molar-refractivity contribution in [2.45, 2.75) is 24.5 Å². The molecular formula is C25H24N6O5S2. The summed E-state index contributed by atoms with van der Waals surface area (Å²) in [6.07, 6.45) is 4.16. The second-order valence-corrected chi connectivity index (χ2v) is 10.6. The minimum absolute atomic E-state index is 0.00309. The van der Waals surface area contributed by atoms with E-state index < -0.39 is 0 Å². The van der Waals surface area contributed by atoms with Gasteiger partial charge in [0.25, 0.3) is 11.5 Å². The first-order chi connectivity index (χ1) is 18.4. The van der Waals surface area contributed by atoms with Gasteiger partial charge in [0, 0.05) is 36.1 Å². The monoisotopic (exact) mass is 552 g/mol. The van der Waals surface area contributed by atoms with E-state index in [1.807, 2.05) is 0 Å². The lowest BCUT2D eigenvalue weighted by Crippen LogP contribution is -2.41. The Kier molecular flexibility index (Phi) is 7.56. The molecule has 13 heteroatoms. The van der Waals surface area contributed by atoms with E-state index >= 15 is 0 Å². The number of benzene rings is 1. The fraction of sp³-hybridized carbons (Fsp3) is 0.280. The quantitative estimate of drug-likeness (QED) is 0.250. The number of amides is 3. The summed E-state index contributed by atoms with van der Waals surface area (Å²) in [5.74, 6) is -0.488. The van der Waals surface area contributed by atoms with Crippen LogP contribution in [0.1, 0.15) is 29.0 Å². The SMILES string of the molecule is NC(=O)C1CCN(C(=O)c2ccc3c(=O)n(Cc4ccco4)c(SCC(=O)Nc4nccs4)nc3c2)CC1. The number of thioether (sulfide) groups is 1. The number of likely N-dealkylation sites (tertiary alicyclic amines) is 1. The van der Waals surface area contributed by atoms with Crippen molar-refractivity contribution in [3.05, 3.63) is 69.8 Å². The first kappa shape index (κ1) is 25.7. The Bertz CT molecular complexity index is 1530. The molecule has 1 aliphatic rings. The number of rotatable bonds is 8. The molecule has 1 saturated heterocycles. The zero-order valence-electron chi connectivity index (χ0n) is 20.2. The molecule has 0 radical (unpaired) electrons. The molecule has 4 aromatic rings. The summed E-state index contributed by atoms with van der Waals surface area (Å²) < 4.78 is 6.89. The van der Waals surface area contributed by atoms with Gasteiger partial charge in [-0.05, 0) is 43.2 Å². The third-order valence-electron chi connectivity index (χ3n) is 6.26. The number of nitrogens with two attached hydrogens (primary N) is 1. The van der Waals surface area contributed by atoms with Crippen LogP contribution in [-0.4, -0.2) is 56.0 Å². The third-order valence-corrected chi connectivity index (χ3v) is 7.92. The van der Waals surface area contributed by atoms with E-state index in [9.17, 15) is 19.2 Å². The van der Waals surface area contributed by atoms with Gasteiger partial charge in [-0.15, -0.1) is 11.3 Å². The smallest absolute Gasteiger partial charge is 0.262 e. The van der Waals surface area contributed by atoms with E-state index in [4.69, 9.17) is 10.2 Å². The molecule has 1 aliphatic heterocycles. The molecule has 196 valence electrons. The average molecular weight is 553 g/mol. The molecule has 3 aromatic heterocycles. The molecule has 1 aromatic carbocycles. The highest BCUT2D eigenvalue weighted by atomic mass is 32.2. The van der Waals surface area contributed by atoms with Crippen molar-refractivity contribution in [2.75, 3.05) is 24.2 Å². The summed E-state index contributed by atoms with van der Waals surface area (Å²) in [5.41, 5.74) is 5.84. The van der Waals surface area contributed by atoms with E-state index in [0.717, 1.165) is 11.8 Å². The summed E-state index contributed by atoms with van der Waals surface area (Å²) in [7, 11) is 0. The van der Waals surface area contributed by atoms with Gasteiger partial charge >= 0.3 is 0 Å². The molecule has 5 rings (SSSR count). The Morgan fingerprint density at radius 3 is 2.71 bits per heavy atom. The molecule has 11 nitrogen and oxygen atoms in total. The van der Waals surface area contributed by atoms with Gasteiger partial charge in [0.1, 0.15) is 5.76 Å². The van der Waals surface area contributed by atoms with E-state index in [1.165, 1.54) is 22.2 Å². The number of nitrogens with one attached hydrogen (secondary N) is 1. The van der Waals surface area contributed by atoms with Gasteiger partial charge in [0.05, 0.1) is 29.5 Å². The number of carbonyl (C=O) groups is 3. The van der Waals surface area contributed by atoms with Crippen molar-refractivity contribution in [3.63, 3.8) is 0 Å². The minimum atomic E-state index is -0.344. The van der Waals surface area contributed by atoms with Crippen molar-refractivity contribution >= 4 is 56.9 Å². The first-order valence-electron chi connectivity index (χ1n) is 11.9. The first-order valence-corrected chi connectivity index (χ1v) is 13.7. The highest BCUT2D eigenvalue weighted by molar-refractivity contribution is 7.99. The van der Waals surface area contributed by atoms with Crippen LogP contribution in [0.5, 0.6) is 0 Å². The van der Waals surface area contributed by atoms with E-state index in [2.05, 4.69) is 15.3 Å². The van der Waals surface area contributed by atoms with Crippen molar-refractivity contribution in [1.82, 2.24) is 19.4 Å². The lowest BCUT2D eigenvalue weighted by molar-refractivity contribution is -0.123. The van der Waals surface area contributed by atoms with E-state index in [0.29, 0.717) is 58.4 Å². The number of thiazole rings is 1. The van der Waals surface area contributed by atoms with Crippen LogP contribution in [0.4, 0.5) is 5.13 Å². The number of aromatic nitrogens is 3. The van der Waals surface area contributed by atoms with Gasteiger partial charge in [-0.1, -0.05) is 11.8 Å². The van der Waals surface area contributed by atoms with Gasteiger partial charge in [-0.3, -0.25) is 23.7 Å². The Morgan fingerprint density at radius 2 is 2.03 bits per heavy atom. The molecule has 3 N–H and O–H groups in total. The molecule has 3 amide bonds. The maximum absolute atomic E-state index is 13.5. The summed E-state index contributed by atoms with van der Waals surface area (Å²) in [5, 5.41) is 5.62. The van der Waals surface area contributed by atoms with Crippen LogP contribution in [0.2, 0.25) is 0 Å². The Hall–Kier alpha value is -3.97. The van der Waals surface area contributed by atoms with Crippen LogP contribution in [0.15, 0.2) is 62.5 Å². The average Bonchev–Trinajstić information content (AvgIpc) is 3.63. The maximum atomic E-state index is 13.5. The predicted molar refractivity (Wildman–Crippen MR) is 143 cm³/mol. The molecule has 0 spiro atoms. The van der Waals surface area contributed by atoms with Crippen molar-refractivity contribution in [3.8, 4) is 0 Å². The second-order valence-electron chi connectivity index (χ2n) is 8.74. The van der Waals surface area contributed by atoms with Gasteiger partial charge < -0.3 is 20.4 Å². The van der Waals surface area contributed by atoms with Crippen LogP contribution in [0.3, 0.4) is 0 Å². The van der Waals surface area contributed by atoms with Crippen LogP contribution < -0.4 is 16.6 Å². The zero-order valence-corrected chi connectivity index (χ0v) is 21.8. The molecule has 0 unspecified atom stereocenters. The van der Waals surface area contributed by atoms with Gasteiger partial charge in [0.2, 0.25) is 11.8 Å². The van der Waals surface area contributed by atoms with Gasteiger partial charge in [-0.25, -0.2) is 9.97 Å². The fourth-order valence-corrected chi connectivity index (χ4v) is 5.61. The standard InChI is InChI=1S/C25H24N6O5S2/c26-21(33)15-5-8-30(9-6-15)22(34)16-3-4-18-19(12-16)28-25(31(23(18)35)13-17-2-1-10-36-17)38-14-20(32)29-24-27-7-11-37-24/h1-4,7,10-12,15H,5-6,8-9,13-14H2,(H2,26,33)(H,27,29,32). The molecule has 0 aliphatic carbocycles. The summed E-state index contributed by atoms with van der Waals surface area (Å²) in [6.45, 7) is 0.997. The molecular weight excluding hydrogens is 528 g/mol. The molecule has 0 saturated carbocycles. The number of hydrogen-bond acceptors (Lipinski definition) is 9. The predicted octanol–water partition coefficient (Wildman–Crippen LogP) is 2.56. The summed E-state index contributed by atoms with van der Waals surface area (Å²) in [4.78, 5) is 61.0. The van der Waals surface area contributed by atoms with Crippen molar-refractivity contribution in [1.29, 1.82) is 0 Å². The Labute approximate surface area is 225 Å². The van der Waals surface area contributed by atoms with Gasteiger partial charge in [-0.2, -0.15) is 0 Å². The zero-order chi connectivity index (χ0) is 26.6. The number of furan rings is 1. The van der Waals surface area contributed by atoms with E-state index in [-0.39, 0.29) is 41.5 Å². The summed E-state index contributed by atoms with van der Waals surface area (Å²) in [6, 6.07) is 8.28. The number of fused-ring (bicyclic) bond motifs is 1. The molecule has 4 heterocycles. The largest absolute Gasteiger partial charge is 0.467 e. The number of hydrogen-bond donors (Lipinski definition) is 2. The molecule has 0 bridgehead atoms. The Balaban J connectivity index is 1.42. The highest BCUT2D eigenvalue weighted by Gasteiger charge is 2.27. The lowest BCUT2D eigenvalue weighted by Gasteiger charge is -2.30. The number of carbonyl (C=O) groups excluding carboxylic acids is 3. The highest BCUT2D eigenvalue weighted by Crippen LogP contribution is 2.23.